The molecule has 0 spiro atoms. The number of fused-ring (bicyclic) bond motifs is 1. The van der Waals surface area contributed by atoms with Gasteiger partial charge in [-0.2, -0.15) is 0 Å². The van der Waals surface area contributed by atoms with E-state index in [9.17, 15) is 9.59 Å². The summed E-state index contributed by atoms with van der Waals surface area (Å²) in [5.74, 6) is 0.958. The summed E-state index contributed by atoms with van der Waals surface area (Å²) in [7, 11) is 1.53. The minimum atomic E-state index is -0.816. The monoisotopic (exact) mass is 626 g/mol. The van der Waals surface area contributed by atoms with Crippen LogP contribution in [0.3, 0.4) is 0 Å². The number of methoxy groups -OCH3 is 1. The van der Waals surface area contributed by atoms with Crippen LogP contribution in [-0.2, 0) is 14.3 Å². The fraction of sp³-hybridized carbons (Fsp3) is 0.258. The van der Waals surface area contributed by atoms with Gasteiger partial charge in [0.05, 0.1) is 39.1 Å². The van der Waals surface area contributed by atoms with E-state index in [-0.39, 0.29) is 24.3 Å². The Morgan fingerprint density at radius 3 is 2.69 bits per heavy atom. The zero-order chi connectivity index (χ0) is 29.8. The molecule has 1 aliphatic rings. The predicted octanol–water partition coefficient (Wildman–Crippen LogP) is 5.78. The second-order valence-corrected chi connectivity index (χ2v) is 11.2. The van der Waals surface area contributed by atoms with Crippen molar-refractivity contribution in [1.82, 2.24) is 4.57 Å². The Bertz CT molecular complexity index is 1840. The maximum absolute atomic E-state index is 14.0. The number of furan rings is 1. The molecule has 0 radical (unpaired) electrons. The minimum absolute atomic E-state index is 0.0642. The van der Waals surface area contributed by atoms with E-state index in [1.807, 2.05) is 31.2 Å². The van der Waals surface area contributed by atoms with Gasteiger partial charge in [-0.05, 0) is 43.7 Å². The van der Waals surface area contributed by atoms with E-state index in [0.29, 0.717) is 60.1 Å². The van der Waals surface area contributed by atoms with Gasteiger partial charge in [0.1, 0.15) is 29.9 Å². The Kier molecular flexibility index (Phi) is 9.33. The molecule has 3 heterocycles. The van der Waals surface area contributed by atoms with E-state index in [1.165, 1.54) is 23.0 Å². The maximum Gasteiger partial charge on any atom is 0.338 e. The first kappa shape index (κ1) is 29.8. The molecule has 0 unspecified atom stereocenters. The first-order chi connectivity index (χ1) is 20.3. The van der Waals surface area contributed by atoms with Crippen molar-refractivity contribution < 1.29 is 23.4 Å². The van der Waals surface area contributed by atoms with Crippen molar-refractivity contribution in [2.24, 2.45) is 4.99 Å². The van der Waals surface area contributed by atoms with Crippen LogP contribution < -0.4 is 19.6 Å². The Morgan fingerprint density at radius 1 is 1.10 bits per heavy atom. The molecular formula is C31H28Cl2N2O6S. The normalized spacial score (nSPS) is 15.0. The van der Waals surface area contributed by atoms with Crippen LogP contribution in [0.15, 0.2) is 80.1 Å². The third-order valence-corrected chi connectivity index (χ3v) is 8.36. The lowest BCUT2D eigenvalue weighted by Crippen LogP contribution is -2.40. The maximum atomic E-state index is 14.0. The van der Waals surface area contributed by atoms with Crippen LogP contribution in [0.25, 0.3) is 17.4 Å². The molecule has 0 aliphatic carbocycles. The number of hydrogen-bond donors (Lipinski definition) is 0. The van der Waals surface area contributed by atoms with Crippen molar-refractivity contribution >= 4 is 46.6 Å². The number of rotatable bonds is 10. The number of para-hydroxylation sites is 1. The number of aromatic nitrogens is 1. The van der Waals surface area contributed by atoms with Crippen molar-refractivity contribution in [1.29, 1.82) is 0 Å². The third-order valence-electron chi connectivity index (χ3n) is 6.55. The lowest BCUT2D eigenvalue weighted by atomic mass is 9.95. The van der Waals surface area contributed by atoms with Crippen LogP contribution >= 0.6 is 34.5 Å². The third kappa shape index (κ3) is 5.96. The molecule has 218 valence electrons. The van der Waals surface area contributed by atoms with E-state index in [1.54, 1.807) is 43.3 Å². The van der Waals surface area contributed by atoms with Gasteiger partial charge in [-0.1, -0.05) is 65.7 Å². The van der Waals surface area contributed by atoms with Gasteiger partial charge in [0.25, 0.3) is 5.56 Å². The van der Waals surface area contributed by atoms with Gasteiger partial charge in [0.15, 0.2) is 4.80 Å². The van der Waals surface area contributed by atoms with Crippen molar-refractivity contribution in [2.75, 3.05) is 26.9 Å². The number of carbonyl (C=O) groups excluding carboxylic acids is 1. The molecule has 5 rings (SSSR count). The highest BCUT2D eigenvalue weighted by atomic mass is 35.5. The number of allylic oxidation sites excluding steroid dienone is 1. The van der Waals surface area contributed by atoms with Crippen LogP contribution in [0, 0.1) is 0 Å². The standard InChI is InChI=1S/C31H28Cl2N2O6S/c1-4-14-39-23-11-6-5-8-21(23)28-26(30(37)40-16-15-38-3)18(2)34-31-35(28)29(36)25(42-31)17-19-12-13-24(41-19)20-9-7-10-22(32)27(20)33/h5-13,17,28H,4,14-16H2,1-3H3/b25-17+/t28-/m1/s1. The summed E-state index contributed by atoms with van der Waals surface area (Å²) in [5.41, 5.74) is 1.68. The van der Waals surface area contributed by atoms with Gasteiger partial charge >= 0.3 is 5.97 Å². The highest BCUT2D eigenvalue weighted by molar-refractivity contribution is 7.07. The van der Waals surface area contributed by atoms with Gasteiger partial charge in [0.2, 0.25) is 0 Å². The number of halogens is 2. The summed E-state index contributed by atoms with van der Waals surface area (Å²) in [4.78, 5) is 32.5. The Balaban J connectivity index is 1.63. The van der Waals surface area contributed by atoms with Crippen molar-refractivity contribution in [3.05, 3.63) is 107 Å². The lowest BCUT2D eigenvalue weighted by molar-refractivity contribution is -0.140. The number of carbonyl (C=O) groups is 1. The van der Waals surface area contributed by atoms with E-state index in [2.05, 4.69) is 4.99 Å². The van der Waals surface area contributed by atoms with E-state index in [0.717, 1.165) is 6.42 Å². The van der Waals surface area contributed by atoms with Gasteiger partial charge in [-0.25, -0.2) is 9.79 Å². The number of hydrogen-bond acceptors (Lipinski definition) is 8. The molecule has 1 atom stereocenters. The van der Waals surface area contributed by atoms with Gasteiger partial charge < -0.3 is 18.6 Å². The molecular weight excluding hydrogens is 599 g/mol. The Labute approximate surface area is 256 Å². The second-order valence-electron chi connectivity index (χ2n) is 9.40. The molecule has 2 aromatic heterocycles. The van der Waals surface area contributed by atoms with Crippen LogP contribution in [0.4, 0.5) is 0 Å². The highest BCUT2D eigenvalue weighted by Crippen LogP contribution is 2.36. The summed E-state index contributed by atoms with van der Waals surface area (Å²) in [6.07, 6.45) is 2.45. The Morgan fingerprint density at radius 2 is 1.90 bits per heavy atom. The molecule has 42 heavy (non-hydrogen) atoms. The molecule has 0 bridgehead atoms. The summed E-state index contributed by atoms with van der Waals surface area (Å²) >= 11 is 13.8. The number of thiazole rings is 1. The first-order valence-corrected chi connectivity index (χ1v) is 14.9. The van der Waals surface area contributed by atoms with Crippen molar-refractivity contribution in [2.45, 2.75) is 26.3 Å². The molecule has 11 heteroatoms. The molecule has 1 aliphatic heterocycles. The summed E-state index contributed by atoms with van der Waals surface area (Å²) < 4.78 is 24.5. The van der Waals surface area contributed by atoms with Crippen LogP contribution in [0.5, 0.6) is 5.75 Å². The van der Waals surface area contributed by atoms with Crippen LogP contribution in [-0.4, -0.2) is 37.5 Å². The topological polar surface area (TPSA) is 92.3 Å². The highest BCUT2D eigenvalue weighted by Gasteiger charge is 2.35. The quantitative estimate of drug-likeness (QED) is 0.164. The van der Waals surface area contributed by atoms with E-state index >= 15 is 0 Å². The molecule has 0 saturated heterocycles. The second kappa shape index (κ2) is 13.1. The number of esters is 1. The molecule has 0 amide bonds. The average Bonchev–Trinajstić information content (AvgIpc) is 3.56. The fourth-order valence-electron chi connectivity index (χ4n) is 4.62. The summed E-state index contributed by atoms with van der Waals surface area (Å²) in [5, 5.41) is 0.791. The molecule has 2 aromatic carbocycles. The number of benzene rings is 2. The minimum Gasteiger partial charge on any atom is -0.493 e. The molecule has 0 saturated carbocycles. The number of ether oxygens (including phenoxy) is 3. The molecule has 0 N–H and O–H groups in total. The van der Waals surface area contributed by atoms with Crippen molar-refractivity contribution in [3.8, 4) is 17.1 Å². The first-order valence-electron chi connectivity index (χ1n) is 13.3. The van der Waals surface area contributed by atoms with Gasteiger partial charge in [-0.15, -0.1) is 0 Å². The Hall–Kier alpha value is -3.63. The molecule has 4 aromatic rings. The van der Waals surface area contributed by atoms with E-state index < -0.39 is 12.0 Å². The van der Waals surface area contributed by atoms with Crippen LogP contribution in [0.2, 0.25) is 10.0 Å². The average molecular weight is 628 g/mol. The fourth-order valence-corrected chi connectivity index (χ4v) is 6.04. The predicted molar refractivity (Wildman–Crippen MR) is 163 cm³/mol. The lowest BCUT2D eigenvalue weighted by Gasteiger charge is -2.26. The SMILES string of the molecule is CCCOc1ccccc1[C@@H]1C(C(=O)OCCOC)=C(C)N=c2s/c(=C/c3ccc(-c4cccc(Cl)c4Cl)o3)c(=O)n21. The van der Waals surface area contributed by atoms with Crippen molar-refractivity contribution in [3.63, 3.8) is 0 Å². The van der Waals surface area contributed by atoms with E-state index in [4.69, 9.17) is 41.8 Å². The largest absolute Gasteiger partial charge is 0.493 e. The van der Waals surface area contributed by atoms with Gasteiger partial charge in [-0.3, -0.25) is 9.36 Å². The zero-order valence-corrected chi connectivity index (χ0v) is 25.5. The van der Waals surface area contributed by atoms with Gasteiger partial charge in [0, 0.05) is 24.3 Å². The van der Waals surface area contributed by atoms with Crippen LogP contribution in [0.1, 0.15) is 37.6 Å². The molecule has 0 fully saturated rings. The zero-order valence-electron chi connectivity index (χ0n) is 23.2. The smallest absolute Gasteiger partial charge is 0.338 e. The summed E-state index contributed by atoms with van der Waals surface area (Å²) in [6.45, 7) is 4.53. The number of nitrogens with zero attached hydrogens (tertiary/aromatic N) is 2. The summed E-state index contributed by atoms with van der Waals surface area (Å²) in [6, 6.07) is 15.4. The molecule has 8 nitrogen and oxygen atoms in total.